The molecule has 1 aromatic heterocycles. The number of ether oxygens (including phenoxy) is 1. The van der Waals surface area contributed by atoms with Crippen LogP contribution < -0.4 is 10.1 Å². The van der Waals surface area contributed by atoms with Crippen LogP contribution in [0, 0.1) is 11.7 Å². The first-order valence-electron chi connectivity index (χ1n) is 9.96. The highest BCUT2D eigenvalue weighted by atomic mass is 32.1. The molecule has 156 valence electrons. The number of hydrogen-bond donors (Lipinski definition) is 1. The van der Waals surface area contributed by atoms with Gasteiger partial charge in [0.1, 0.15) is 11.6 Å². The second-order valence-corrected chi connectivity index (χ2v) is 8.19. The van der Waals surface area contributed by atoms with Gasteiger partial charge in [-0.3, -0.25) is 9.69 Å². The van der Waals surface area contributed by atoms with E-state index in [1.807, 2.05) is 29.6 Å². The molecule has 1 saturated heterocycles. The van der Waals surface area contributed by atoms with Crippen LogP contribution >= 0.6 is 11.3 Å². The average Bonchev–Trinajstić information content (AvgIpc) is 3.30. The van der Waals surface area contributed by atoms with Gasteiger partial charge in [0.05, 0.1) is 24.2 Å². The Hall–Kier alpha value is -2.77. The number of aromatic nitrogens is 1. The topological polar surface area (TPSA) is 54.5 Å². The minimum Gasteiger partial charge on any atom is -0.496 e. The summed E-state index contributed by atoms with van der Waals surface area (Å²) in [4.78, 5) is 19.4. The molecule has 30 heavy (non-hydrogen) atoms. The number of thiazole rings is 1. The average molecular weight is 426 g/mol. The van der Waals surface area contributed by atoms with Crippen LogP contribution in [0.4, 0.5) is 10.1 Å². The van der Waals surface area contributed by atoms with Gasteiger partial charge >= 0.3 is 0 Å². The lowest BCUT2D eigenvalue weighted by molar-refractivity contribution is -0.121. The van der Waals surface area contributed by atoms with Crippen LogP contribution in [0.3, 0.4) is 0 Å². The van der Waals surface area contributed by atoms with Gasteiger partial charge in [-0.05, 0) is 37.6 Å². The Labute approximate surface area is 179 Å². The Morgan fingerprint density at radius 1 is 1.30 bits per heavy atom. The van der Waals surface area contributed by atoms with Crippen molar-refractivity contribution in [3.8, 4) is 17.0 Å². The van der Waals surface area contributed by atoms with Crippen LogP contribution in [0.15, 0.2) is 53.4 Å². The Kier molecular flexibility index (Phi) is 6.40. The third kappa shape index (κ3) is 4.86. The largest absolute Gasteiger partial charge is 0.496 e. The summed E-state index contributed by atoms with van der Waals surface area (Å²) in [6, 6.07) is 12.4. The van der Waals surface area contributed by atoms with Crippen LogP contribution in [0.2, 0.25) is 0 Å². The van der Waals surface area contributed by atoms with E-state index in [0.717, 1.165) is 41.9 Å². The van der Waals surface area contributed by atoms with Crippen LogP contribution in [-0.2, 0) is 11.3 Å². The highest BCUT2D eigenvalue weighted by Crippen LogP contribution is 2.26. The zero-order chi connectivity index (χ0) is 20.9. The summed E-state index contributed by atoms with van der Waals surface area (Å²) in [5, 5.41) is 5.04. The van der Waals surface area contributed by atoms with Gasteiger partial charge in [0, 0.05) is 41.4 Å². The predicted octanol–water partition coefficient (Wildman–Crippen LogP) is 4.81. The number of halogens is 1. The molecule has 1 fully saturated rings. The van der Waals surface area contributed by atoms with Crippen molar-refractivity contribution < 1.29 is 13.9 Å². The van der Waals surface area contributed by atoms with Crippen molar-refractivity contribution in [2.24, 2.45) is 5.92 Å². The number of nitrogens with zero attached hydrogens (tertiary/aromatic N) is 2. The summed E-state index contributed by atoms with van der Waals surface area (Å²) in [5.41, 5.74) is 5.50. The van der Waals surface area contributed by atoms with Crippen molar-refractivity contribution in [3.63, 3.8) is 0 Å². The first-order valence-corrected chi connectivity index (χ1v) is 10.9. The van der Waals surface area contributed by atoms with Gasteiger partial charge in [0.2, 0.25) is 5.91 Å². The zero-order valence-electron chi connectivity index (χ0n) is 16.8. The molecule has 1 aliphatic rings. The third-order valence-corrected chi connectivity index (χ3v) is 5.99. The molecule has 0 unspecified atom stereocenters. The number of hydrogen-bond acceptors (Lipinski definition) is 5. The smallest absolute Gasteiger partial charge is 0.228 e. The molecule has 4 rings (SSSR count). The summed E-state index contributed by atoms with van der Waals surface area (Å²) in [5.74, 6) is 0.185. The number of anilines is 1. The fourth-order valence-corrected chi connectivity index (χ4v) is 4.39. The molecular formula is C23H24FN3O2S. The number of carbonyl (C=O) groups is 1. The first-order chi connectivity index (χ1) is 14.6. The van der Waals surface area contributed by atoms with E-state index in [2.05, 4.69) is 15.2 Å². The molecular weight excluding hydrogens is 401 g/mol. The lowest BCUT2D eigenvalue weighted by Crippen LogP contribution is -2.40. The molecule has 0 radical (unpaired) electrons. The highest BCUT2D eigenvalue weighted by Gasteiger charge is 2.26. The van der Waals surface area contributed by atoms with Gasteiger partial charge in [0.25, 0.3) is 0 Å². The molecule has 0 bridgehead atoms. The van der Waals surface area contributed by atoms with Gasteiger partial charge in [-0.2, -0.15) is 0 Å². The molecule has 2 heterocycles. The zero-order valence-corrected chi connectivity index (χ0v) is 17.6. The van der Waals surface area contributed by atoms with Crippen molar-refractivity contribution in [2.75, 3.05) is 25.5 Å². The van der Waals surface area contributed by atoms with Crippen LogP contribution in [-0.4, -0.2) is 36.0 Å². The van der Waals surface area contributed by atoms with Crippen LogP contribution in [0.5, 0.6) is 5.75 Å². The Morgan fingerprint density at radius 3 is 2.87 bits per heavy atom. The molecule has 0 spiro atoms. The maximum atomic E-state index is 13.4. The summed E-state index contributed by atoms with van der Waals surface area (Å²) < 4.78 is 18.8. The van der Waals surface area contributed by atoms with Gasteiger partial charge in [-0.15, -0.1) is 11.3 Å². The number of amides is 1. The highest BCUT2D eigenvalue weighted by molar-refractivity contribution is 7.07. The van der Waals surface area contributed by atoms with Gasteiger partial charge in [-0.25, -0.2) is 9.37 Å². The van der Waals surface area contributed by atoms with Crippen molar-refractivity contribution in [3.05, 3.63) is 64.7 Å². The van der Waals surface area contributed by atoms with E-state index in [9.17, 15) is 9.18 Å². The third-order valence-electron chi connectivity index (χ3n) is 5.40. The van der Waals surface area contributed by atoms with E-state index in [-0.39, 0.29) is 17.6 Å². The molecule has 2 aromatic carbocycles. The number of piperidine rings is 1. The Balaban J connectivity index is 1.36. The number of likely N-dealkylation sites (tertiary alicyclic amines) is 1. The Bertz CT molecular complexity index is 992. The van der Waals surface area contributed by atoms with Crippen molar-refractivity contribution in [1.29, 1.82) is 0 Å². The quantitative estimate of drug-likeness (QED) is 0.616. The number of nitrogens with one attached hydrogen (secondary N) is 1. The molecule has 0 aliphatic carbocycles. The van der Waals surface area contributed by atoms with Crippen molar-refractivity contribution in [2.45, 2.75) is 19.4 Å². The molecule has 3 aromatic rings. The van der Waals surface area contributed by atoms with Gasteiger partial charge in [0.15, 0.2) is 0 Å². The summed E-state index contributed by atoms with van der Waals surface area (Å²) in [7, 11) is 1.55. The van der Waals surface area contributed by atoms with E-state index >= 15 is 0 Å². The normalized spacial score (nSPS) is 16.9. The maximum absolute atomic E-state index is 13.4. The van der Waals surface area contributed by atoms with E-state index < -0.39 is 0 Å². The fraction of sp³-hybridized carbons (Fsp3) is 0.304. The summed E-state index contributed by atoms with van der Waals surface area (Å²) in [6.45, 7) is 2.21. The second-order valence-electron chi connectivity index (χ2n) is 7.47. The standard InChI is InChI=1S/C23H24FN3O2S/c1-29-22-11-19(24)7-4-17(22)12-27-10-2-3-18(13-27)23(28)26-20-8-5-16(6-9-20)21-14-30-15-25-21/h4-9,11,14-15,18H,2-3,10,12-13H2,1H3,(H,26,28)/t18-/m1/s1. The molecule has 1 aliphatic heterocycles. The lowest BCUT2D eigenvalue weighted by Gasteiger charge is -2.32. The van der Waals surface area contributed by atoms with Gasteiger partial charge in [-0.1, -0.05) is 18.2 Å². The maximum Gasteiger partial charge on any atom is 0.228 e. The molecule has 1 N–H and O–H groups in total. The number of carbonyl (C=O) groups excluding carboxylic acids is 1. The minimum absolute atomic E-state index is 0.0344. The van der Waals surface area contributed by atoms with Crippen LogP contribution in [0.25, 0.3) is 11.3 Å². The number of rotatable bonds is 6. The molecule has 0 saturated carbocycles. The number of methoxy groups -OCH3 is 1. The van der Waals surface area contributed by atoms with Crippen molar-refractivity contribution in [1.82, 2.24) is 9.88 Å². The van der Waals surface area contributed by atoms with Gasteiger partial charge < -0.3 is 10.1 Å². The first kappa shape index (κ1) is 20.5. The van der Waals surface area contributed by atoms with E-state index in [4.69, 9.17) is 4.74 Å². The summed E-state index contributed by atoms with van der Waals surface area (Å²) in [6.07, 6.45) is 1.81. The predicted molar refractivity (Wildman–Crippen MR) is 117 cm³/mol. The second kappa shape index (κ2) is 9.36. The van der Waals surface area contributed by atoms with Crippen molar-refractivity contribution >= 4 is 22.9 Å². The van der Waals surface area contributed by atoms with E-state index in [1.54, 1.807) is 30.0 Å². The molecule has 5 nitrogen and oxygen atoms in total. The van der Waals surface area contributed by atoms with Crippen LogP contribution in [0.1, 0.15) is 18.4 Å². The molecule has 1 amide bonds. The fourth-order valence-electron chi connectivity index (χ4n) is 3.83. The monoisotopic (exact) mass is 425 g/mol. The molecule has 7 heteroatoms. The minimum atomic E-state index is -0.313. The van der Waals surface area contributed by atoms with E-state index in [0.29, 0.717) is 18.8 Å². The Morgan fingerprint density at radius 2 is 2.13 bits per heavy atom. The summed E-state index contributed by atoms with van der Waals surface area (Å²) >= 11 is 1.56. The number of benzene rings is 2. The SMILES string of the molecule is COc1cc(F)ccc1CN1CCC[C@@H](C(=O)Nc2ccc(-c3cscn3)cc2)C1. The molecule has 1 atom stereocenters. The van der Waals surface area contributed by atoms with E-state index in [1.165, 1.54) is 12.1 Å². The lowest BCUT2D eigenvalue weighted by atomic mass is 9.96.